The van der Waals surface area contributed by atoms with Gasteiger partial charge in [0.1, 0.15) is 5.75 Å². The predicted octanol–water partition coefficient (Wildman–Crippen LogP) is 2.21. The van der Waals surface area contributed by atoms with E-state index in [1.54, 1.807) is 14.2 Å². The monoisotopic (exact) mass is 235 g/mol. The first-order valence-electron chi connectivity index (χ1n) is 6.18. The second-order valence-electron chi connectivity index (χ2n) is 4.63. The summed E-state index contributed by atoms with van der Waals surface area (Å²) >= 11 is 0. The highest BCUT2D eigenvalue weighted by Crippen LogP contribution is 2.32. The van der Waals surface area contributed by atoms with E-state index in [1.165, 1.54) is 18.4 Å². The summed E-state index contributed by atoms with van der Waals surface area (Å²) in [6.07, 6.45) is 2.67. The van der Waals surface area contributed by atoms with Gasteiger partial charge in [-0.1, -0.05) is 12.1 Å². The fourth-order valence-electron chi connectivity index (χ4n) is 2.03. The first-order chi connectivity index (χ1) is 8.33. The molecule has 1 fully saturated rings. The van der Waals surface area contributed by atoms with Crippen molar-refractivity contribution in [2.24, 2.45) is 5.92 Å². The molecule has 0 bridgehead atoms. The Bertz CT molecular complexity index is 333. The van der Waals surface area contributed by atoms with E-state index in [9.17, 15) is 0 Å². The van der Waals surface area contributed by atoms with Gasteiger partial charge >= 0.3 is 0 Å². The zero-order chi connectivity index (χ0) is 12.1. The Hall–Kier alpha value is -1.06. The highest BCUT2D eigenvalue weighted by molar-refractivity contribution is 5.27. The summed E-state index contributed by atoms with van der Waals surface area (Å²) in [6.45, 7) is 1.70. The molecule has 94 valence electrons. The Morgan fingerprint density at radius 2 is 1.94 bits per heavy atom. The number of hydrogen-bond acceptors (Lipinski definition) is 3. The third-order valence-electron chi connectivity index (χ3n) is 3.26. The van der Waals surface area contributed by atoms with E-state index in [4.69, 9.17) is 9.47 Å². The maximum atomic E-state index is 5.25. The molecule has 3 nitrogen and oxygen atoms in total. The van der Waals surface area contributed by atoms with Gasteiger partial charge in [-0.15, -0.1) is 0 Å². The molecule has 1 aromatic rings. The highest BCUT2D eigenvalue weighted by atomic mass is 16.5. The summed E-state index contributed by atoms with van der Waals surface area (Å²) in [5.74, 6) is 1.72. The molecule has 0 aliphatic heterocycles. The van der Waals surface area contributed by atoms with E-state index in [0.29, 0.717) is 6.04 Å². The van der Waals surface area contributed by atoms with Gasteiger partial charge in [-0.3, -0.25) is 0 Å². The Morgan fingerprint density at radius 3 is 2.47 bits per heavy atom. The number of ether oxygens (including phenoxy) is 2. The van der Waals surface area contributed by atoms with Gasteiger partial charge in [-0.25, -0.2) is 0 Å². The third kappa shape index (κ3) is 3.72. The van der Waals surface area contributed by atoms with E-state index in [-0.39, 0.29) is 0 Å². The molecule has 2 rings (SSSR count). The SMILES string of the molecule is COCC(NCc1ccc(OC)cc1)C1CC1. The van der Waals surface area contributed by atoms with Crippen molar-refractivity contribution in [2.45, 2.75) is 25.4 Å². The maximum Gasteiger partial charge on any atom is 0.118 e. The normalized spacial score (nSPS) is 16.8. The van der Waals surface area contributed by atoms with Crippen LogP contribution in [0.15, 0.2) is 24.3 Å². The fraction of sp³-hybridized carbons (Fsp3) is 0.571. The number of nitrogens with one attached hydrogen (secondary N) is 1. The van der Waals surface area contributed by atoms with Crippen LogP contribution in [0, 0.1) is 5.92 Å². The van der Waals surface area contributed by atoms with Crippen molar-refractivity contribution in [1.29, 1.82) is 0 Å². The molecular weight excluding hydrogens is 214 g/mol. The number of hydrogen-bond donors (Lipinski definition) is 1. The number of methoxy groups -OCH3 is 2. The minimum Gasteiger partial charge on any atom is -0.497 e. The molecule has 0 radical (unpaired) electrons. The summed E-state index contributed by atoms with van der Waals surface area (Å²) < 4.78 is 10.4. The molecule has 0 aromatic heterocycles. The van der Waals surface area contributed by atoms with Crippen molar-refractivity contribution in [2.75, 3.05) is 20.8 Å². The van der Waals surface area contributed by atoms with Gasteiger partial charge in [-0.05, 0) is 36.5 Å². The zero-order valence-corrected chi connectivity index (χ0v) is 10.6. The first kappa shape index (κ1) is 12.4. The number of rotatable bonds is 7. The van der Waals surface area contributed by atoms with Crippen LogP contribution < -0.4 is 10.1 Å². The quantitative estimate of drug-likeness (QED) is 0.786. The molecule has 17 heavy (non-hydrogen) atoms. The third-order valence-corrected chi connectivity index (χ3v) is 3.26. The van der Waals surface area contributed by atoms with Gasteiger partial charge in [0.2, 0.25) is 0 Å². The van der Waals surface area contributed by atoms with Crippen molar-refractivity contribution in [3.63, 3.8) is 0 Å². The van der Waals surface area contributed by atoms with Crippen LogP contribution >= 0.6 is 0 Å². The van der Waals surface area contributed by atoms with E-state index in [0.717, 1.165) is 24.8 Å². The van der Waals surface area contributed by atoms with Gasteiger partial charge in [-0.2, -0.15) is 0 Å². The maximum absolute atomic E-state index is 5.25. The molecule has 1 saturated carbocycles. The molecule has 1 atom stereocenters. The van der Waals surface area contributed by atoms with Crippen LogP contribution in [0.3, 0.4) is 0 Å². The van der Waals surface area contributed by atoms with Gasteiger partial charge < -0.3 is 14.8 Å². The Kier molecular flexibility index (Phi) is 4.40. The second-order valence-corrected chi connectivity index (χ2v) is 4.63. The van der Waals surface area contributed by atoms with Crippen molar-refractivity contribution in [1.82, 2.24) is 5.32 Å². The summed E-state index contributed by atoms with van der Waals surface area (Å²) in [5.41, 5.74) is 1.28. The molecule has 1 aliphatic carbocycles. The average Bonchev–Trinajstić information content (AvgIpc) is 3.19. The molecule has 0 heterocycles. The summed E-state index contributed by atoms with van der Waals surface area (Å²) in [6, 6.07) is 8.70. The molecule has 0 amide bonds. The standard InChI is InChI=1S/C14H21NO2/c1-16-10-14(12-5-6-12)15-9-11-3-7-13(17-2)8-4-11/h3-4,7-8,12,14-15H,5-6,9-10H2,1-2H3. The van der Waals surface area contributed by atoms with Crippen molar-refractivity contribution in [3.8, 4) is 5.75 Å². The molecule has 0 spiro atoms. The lowest BCUT2D eigenvalue weighted by Crippen LogP contribution is -2.34. The average molecular weight is 235 g/mol. The number of benzene rings is 1. The minimum atomic E-state index is 0.502. The molecule has 0 saturated heterocycles. The Balaban J connectivity index is 1.82. The molecule has 1 N–H and O–H groups in total. The summed E-state index contributed by atoms with van der Waals surface area (Å²) in [5, 5.41) is 3.57. The lowest BCUT2D eigenvalue weighted by molar-refractivity contribution is 0.157. The van der Waals surface area contributed by atoms with E-state index in [1.807, 2.05) is 12.1 Å². The van der Waals surface area contributed by atoms with Gasteiger partial charge in [0.25, 0.3) is 0 Å². The van der Waals surface area contributed by atoms with Crippen LogP contribution in [-0.2, 0) is 11.3 Å². The minimum absolute atomic E-state index is 0.502. The van der Waals surface area contributed by atoms with Crippen molar-refractivity contribution < 1.29 is 9.47 Å². The molecule has 1 aliphatic rings. The molecule has 3 heteroatoms. The van der Waals surface area contributed by atoms with Crippen LogP contribution in [0.5, 0.6) is 5.75 Å². The van der Waals surface area contributed by atoms with Crippen LogP contribution in [0.25, 0.3) is 0 Å². The van der Waals surface area contributed by atoms with Gasteiger partial charge in [0.15, 0.2) is 0 Å². The summed E-state index contributed by atoms with van der Waals surface area (Å²) in [7, 11) is 3.46. The van der Waals surface area contributed by atoms with Gasteiger partial charge in [0, 0.05) is 19.7 Å². The summed E-state index contributed by atoms with van der Waals surface area (Å²) in [4.78, 5) is 0. The lowest BCUT2D eigenvalue weighted by Gasteiger charge is -2.17. The van der Waals surface area contributed by atoms with E-state index >= 15 is 0 Å². The van der Waals surface area contributed by atoms with E-state index < -0.39 is 0 Å². The van der Waals surface area contributed by atoms with Crippen LogP contribution in [0.4, 0.5) is 0 Å². The Labute approximate surface area is 103 Å². The van der Waals surface area contributed by atoms with Crippen molar-refractivity contribution >= 4 is 0 Å². The van der Waals surface area contributed by atoms with Crippen molar-refractivity contribution in [3.05, 3.63) is 29.8 Å². The zero-order valence-electron chi connectivity index (χ0n) is 10.6. The van der Waals surface area contributed by atoms with E-state index in [2.05, 4.69) is 17.4 Å². The van der Waals surface area contributed by atoms with Crippen LogP contribution in [0.1, 0.15) is 18.4 Å². The second kappa shape index (κ2) is 6.03. The lowest BCUT2D eigenvalue weighted by atomic mass is 10.1. The van der Waals surface area contributed by atoms with Crippen LogP contribution in [0.2, 0.25) is 0 Å². The van der Waals surface area contributed by atoms with Gasteiger partial charge in [0.05, 0.1) is 13.7 Å². The largest absolute Gasteiger partial charge is 0.497 e. The molecular formula is C14H21NO2. The molecule has 1 unspecified atom stereocenters. The predicted molar refractivity (Wildman–Crippen MR) is 68.2 cm³/mol. The van der Waals surface area contributed by atoms with Crippen LogP contribution in [-0.4, -0.2) is 26.9 Å². The topological polar surface area (TPSA) is 30.5 Å². The first-order valence-corrected chi connectivity index (χ1v) is 6.18. The highest BCUT2D eigenvalue weighted by Gasteiger charge is 2.30. The fourth-order valence-corrected chi connectivity index (χ4v) is 2.03. The molecule has 1 aromatic carbocycles. The Morgan fingerprint density at radius 1 is 1.24 bits per heavy atom. The smallest absolute Gasteiger partial charge is 0.118 e.